The number of aryl methyl sites for hydroxylation is 2. The summed E-state index contributed by atoms with van der Waals surface area (Å²) in [5.74, 6) is -0.532. The Morgan fingerprint density at radius 2 is 2.12 bits per heavy atom. The highest BCUT2D eigenvalue weighted by Crippen LogP contribution is 2.29. The van der Waals surface area contributed by atoms with Crippen LogP contribution in [0.2, 0.25) is 0 Å². The average molecular weight is 218 g/mol. The normalized spacial score (nSPS) is 15.8. The predicted molar refractivity (Wildman–Crippen MR) is 63.8 cm³/mol. The van der Waals surface area contributed by atoms with Crippen molar-refractivity contribution in [1.29, 1.82) is 0 Å². The van der Waals surface area contributed by atoms with Gasteiger partial charge in [-0.3, -0.25) is 4.79 Å². The molecule has 0 amide bonds. The summed E-state index contributed by atoms with van der Waals surface area (Å²) in [6.07, 6.45) is 4.73. The Morgan fingerprint density at radius 1 is 1.38 bits per heavy atom. The Bertz CT molecular complexity index is 396. The van der Waals surface area contributed by atoms with Gasteiger partial charge in [0, 0.05) is 0 Å². The summed E-state index contributed by atoms with van der Waals surface area (Å²) < 4.78 is 0. The number of fused-ring (bicyclic) bond motifs is 1. The van der Waals surface area contributed by atoms with E-state index in [-0.39, 0.29) is 12.3 Å². The van der Waals surface area contributed by atoms with Crippen LogP contribution < -0.4 is 0 Å². The lowest BCUT2D eigenvalue weighted by Crippen LogP contribution is -2.05. The minimum atomic E-state index is -0.702. The molecule has 1 aromatic carbocycles. The zero-order valence-corrected chi connectivity index (χ0v) is 9.70. The molecule has 0 spiro atoms. The van der Waals surface area contributed by atoms with Gasteiger partial charge in [-0.15, -0.1) is 0 Å². The van der Waals surface area contributed by atoms with Crippen molar-refractivity contribution in [3.63, 3.8) is 0 Å². The van der Waals surface area contributed by atoms with Gasteiger partial charge in [0.15, 0.2) is 0 Å². The highest BCUT2D eigenvalue weighted by atomic mass is 16.4. The molecule has 2 rings (SSSR count). The third-order valence-electron chi connectivity index (χ3n) is 3.51. The maximum Gasteiger partial charge on any atom is 0.303 e. The summed E-state index contributed by atoms with van der Waals surface area (Å²) in [7, 11) is 0. The molecular formula is C14H18O2. The smallest absolute Gasteiger partial charge is 0.303 e. The monoisotopic (exact) mass is 218 g/mol. The van der Waals surface area contributed by atoms with Crippen molar-refractivity contribution in [3.8, 4) is 0 Å². The molecule has 0 saturated heterocycles. The van der Waals surface area contributed by atoms with Gasteiger partial charge in [0.25, 0.3) is 0 Å². The number of carboxylic acid groups (broad SMARTS) is 1. The van der Waals surface area contributed by atoms with Crippen LogP contribution in [0.3, 0.4) is 0 Å². The lowest BCUT2D eigenvalue weighted by atomic mass is 9.91. The maximum atomic E-state index is 10.8. The first kappa shape index (κ1) is 11.2. The zero-order valence-electron chi connectivity index (χ0n) is 9.70. The third-order valence-corrected chi connectivity index (χ3v) is 3.51. The van der Waals surface area contributed by atoms with Crippen LogP contribution in [0.15, 0.2) is 18.2 Å². The highest BCUT2D eigenvalue weighted by Gasteiger charge is 2.17. The van der Waals surface area contributed by atoms with Crippen molar-refractivity contribution in [2.45, 2.75) is 44.9 Å². The maximum absolute atomic E-state index is 10.8. The van der Waals surface area contributed by atoms with Gasteiger partial charge >= 0.3 is 5.97 Å². The second-order valence-electron chi connectivity index (χ2n) is 4.58. The Hall–Kier alpha value is -1.31. The van der Waals surface area contributed by atoms with E-state index in [0.29, 0.717) is 0 Å². The van der Waals surface area contributed by atoms with E-state index in [4.69, 9.17) is 5.11 Å². The van der Waals surface area contributed by atoms with Crippen LogP contribution in [0.5, 0.6) is 0 Å². The molecule has 0 aliphatic heterocycles. The van der Waals surface area contributed by atoms with Crippen molar-refractivity contribution >= 4 is 5.97 Å². The first-order valence-corrected chi connectivity index (χ1v) is 6.04. The van der Waals surface area contributed by atoms with Gasteiger partial charge in [-0.05, 0) is 48.3 Å². The SMILES string of the molecule is CCC(CC(=O)O)c1ccc2c(c1)CCC2. The largest absolute Gasteiger partial charge is 0.481 e. The van der Waals surface area contributed by atoms with E-state index in [1.165, 1.54) is 29.5 Å². The fourth-order valence-corrected chi connectivity index (χ4v) is 2.55. The van der Waals surface area contributed by atoms with Crippen molar-refractivity contribution in [3.05, 3.63) is 34.9 Å². The summed E-state index contributed by atoms with van der Waals surface area (Å²) in [5, 5.41) is 8.87. The van der Waals surface area contributed by atoms with Gasteiger partial charge in [-0.2, -0.15) is 0 Å². The van der Waals surface area contributed by atoms with E-state index in [9.17, 15) is 4.79 Å². The molecule has 0 aromatic heterocycles. The lowest BCUT2D eigenvalue weighted by molar-refractivity contribution is -0.137. The molecule has 16 heavy (non-hydrogen) atoms. The number of hydrogen-bond acceptors (Lipinski definition) is 1. The molecule has 1 N–H and O–H groups in total. The fourth-order valence-electron chi connectivity index (χ4n) is 2.55. The number of aliphatic carboxylic acids is 1. The molecule has 0 heterocycles. The van der Waals surface area contributed by atoms with Crippen molar-refractivity contribution in [2.24, 2.45) is 0 Å². The van der Waals surface area contributed by atoms with Gasteiger partial charge in [-0.1, -0.05) is 25.1 Å². The molecule has 1 aromatic rings. The molecule has 2 heteroatoms. The van der Waals surface area contributed by atoms with E-state index in [1.807, 2.05) is 0 Å². The molecule has 0 bridgehead atoms. The van der Waals surface area contributed by atoms with Crippen LogP contribution in [0.4, 0.5) is 0 Å². The number of hydrogen-bond donors (Lipinski definition) is 1. The van der Waals surface area contributed by atoms with Gasteiger partial charge in [0.05, 0.1) is 6.42 Å². The third kappa shape index (κ3) is 2.26. The van der Waals surface area contributed by atoms with E-state index < -0.39 is 5.97 Å². The average Bonchev–Trinajstić information content (AvgIpc) is 2.72. The molecule has 0 radical (unpaired) electrons. The molecule has 86 valence electrons. The number of rotatable bonds is 4. The van der Waals surface area contributed by atoms with E-state index in [0.717, 1.165) is 12.8 Å². The summed E-state index contributed by atoms with van der Waals surface area (Å²) >= 11 is 0. The minimum Gasteiger partial charge on any atom is -0.481 e. The van der Waals surface area contributed by atoms with Crippen molar-refractivity contribution in [1.82, 2.24) is 0 Å². The van der Waals surface area contributed by atoms with Crippen LogP contribution in [-0.2, 0) is 17.6 Å². The first-order valence-electron chi connectivity index (χ1n) is 6.04. The predicted octanol–water partition coefficient (Wildman–Crippen LogP) is 3.14. The standard InChI is InChI=1S/C14H18O2/c1-2-10(9-14(15)16)13-7-6-11-4-3-5-12(11)8-13/h6-8,10H,2-5,9H2,1H3,(H,15,16). The second kappa shape index (κ2) is 4.69. The van der Waals surface area contributed by atoms with Crippen molar-refractivity contribution in [2.75, 3.05) is 0 Å². The number of carboxylic acids is 1. The van der Waals surface area contributed by atoms with Crippen LogP contribution in [-0.4, -0.2) is 11.1 Å². The van der Waals surface area contributed by atoms with Crippen molar-refractivity contribution < 1.29 is 9.90 Å². The molecule has 0 fully saturated rings. The molecule has 1 unspecified atom stereocenters. The number of carbonyl (C=O) groups is 1. The topological polar surface area (TPSA) is 37.3 Å². The Labute approximate surface area is 96.3 Å². The first-order chi connectivity index (χ1) is 7.70. The molecule has 2 nitrogen and oxygen atoms in total. The zero-order chi connectivity index (χ0) is 11.5. The molecule has 1 aliphatic rings. The molecule has 0 saturated carbocycles. The summed E-state index contributed by atoms with van der Waals surface area (Å²) in [6.45, 7) is 2.06. The summed E-state index contributed by atoms with van der Waals surface area (Å²) in [4.78, 5) is 10.8. The van der Waals surface area contributed by atoms with E-state index in [1.54, 1.807) is 0 Å². The number of benzene rings is 1. The minimum absolute atomic E-state index is 0.170. The fraction of sp³-hybridized carbons (Fsp3) is 0.500. The van der Waals surface area contributed by atoms with Gasteiger partial charge < -0.3 is 5.11 Å². The van der Waals surface area contributed by atoms with Gasteiger partial charge in [0.2, 0.25) is 0 Å². The molecular weight excluding hydrogens is 200 g/mol. The Balaban J connectivity index is 2.21. The van der Waals surface area contributed by atoms with Crippen LogP contribution >= 0.6 is 0 Å². The quantitative estimate of drug-likeness (QED) is 0.843. The van der Waals surface area contributed by atoms with Crippen LogP contribution in [0.1, 0.15) is 48.8 Å². The lowest BCUT2D eigenvalue weighted by Gasteiger charge is -2.14. The van der Waals surface area contributed by atoms with Gasteiger partial charge in [0.1, 0.15) is 0 Å². The Kier molecular flexibility index (Phi) is 3.28. The van der Waals surface area contributed by atoms with Crippen LogP contribution in [0.25, 0.3) is 0 Å². The molecule has 1 atom stereocenters. The van der Waals surface area contributed by atoms with Gasteiger partial charge in [-0.25, -0.2) is 0 Å². The second-order valence-corrected chi connectivity index (χ2v) is 4.58. The summed E-state index contributed by atoms with van der Waals surface area (Å²) in [6, 6.07) is 6.52. The van der Waals surface area contributed by atoms with E-state index in [2.05, 4.69) is 25.1 Å². The van der Waals surface area contributed by atoms with Crippen LogP contribution in [0, 0.1) is 0 Å². The Morgan fingerprint density at radius 3 is 2.81 bits per heavy atom. The highest BCUT2D eigenvalue weighted by molar-refractivity contribution is 5.68. The van der Waals surface area contributed by atoms with E-state index >= 15 is 0 Å². The molecule has 1 aliphatic carbocycles. The summed E-state index contributed by atoms with van der Waals surface area (Å²) in [5.41, 5.74) is 4.08.